The van der Waals surface area contributed by atoms with Crippen LogP contribution in [0.3, 0.4) is 0 Å². The number of hydrogen-bond donors (Lipinski definition) is 1. The molecule has 2 aliphatic rings. The average molecular weight is 461 g/mol. The van der Waals surface area contributed by atoms with Crippen LogP contribution in [-0.2, 0) is 25.8 Å². The standard InChI is InChI=1S/C23H25ClN2O4S/c1-14(12-22(27)25-20-5-3-4-19(24)15(20)2)31(29,30)18-8-9-21-17(13-18)10-11-26(21)23(28)16-6-7-16/h3-5,8-9,13-14,16H,6-7,10-12H2,1-2H3,(H,25,27)/t14-/m0/s1. The van der Waals surface area contributed by atoms with Gasteiger partial charge >= 0.3 is 0 Å². The molecule has 0 unspecified atom stereocenters. The molecular weight excluding hydrogens is 436 g/mol. The maximum Gasteiger partial charge on any atom is 0.230 e. The van der Waals surface area contributed by atoms with Gasteiger partial charge in [-0.2, -0.15) is 0 Å². The summed E-state index contributed by atoms with van der Waals surface area (Å²) in [4.78, 5) is 26.9. The van der Waals surface area contributed by atoms with Gasteiger partial charge in [-0.15, -0.1) is 0 Å². The Morgan fingerprint density at radius 2 is 1.97 bits per heavy atom. The number of rotatable bonds is 6. The second-order valence-corrected chi connectivity index (χ2v) is 11.1. The van der Waals surface area contributed by atoms with Crippen LogP contribution in [0.2, 0.25) is 5.02 Å². The molecule has 2 aromatic rings. The molecule has 8 heteroatoms. The third kappa shape index (κ3) is 4.34. The highest BCUT2D eigenvalue weighted by atomic mass is 35.5. The van der Waals surface area contributed by atoms with Crippen LogP contribution in [0.1, 0.15) is 37.3 Å². The first-order valence-electron chi connectivity index (χ1n) is 10.4. The van der Waals surface area contributed by atoms with Crippen LogP contribution in [0.5, 0.6) is 0 Å². The summed E-state index contributed by atoms with van der Waals surface area (Å²) < 4.78 is 26.2. The molecule has 4 rings (SSSR count). The van der Waals surface area contributed by atoms with Crippen molar-refractivity contribution in [2.45, 2.75) is 49.7 Å². The highest BCUT2D eigenvalue weighted by Crippen LogP contribution is 2.37. The second kappa shape index (κ2) is 8.28. The quantitative estimate of drug-likeness (QED) is 0.702. The Hall–Kier alpha value is -2.38. The van der Waals surface area contributed by atoms with E-state index in [4.69, 9.17) is 11.6 Å². The molecule has 0 saturated heterocycles. The van der Waals surface area contributed by atoms with E-state index in [2.05, 4.69) is 5.32 Å². The Morgan fingerprint density at radius 1 is 1.23 bits per heavy atom. The number of benzene rings is 2. The number of nitrogens with zero attached hydrogens (tertiary/aromatic N) is 1. The lowest BCUT2D eigenvalue weighted by molar-refractivity contribution is -0.119. The molecule has 1 atom stereocenters. The summed E-state index contributed by atoms with van der Waals surface area (Å²) in [5.74, 6) is -0.129. The van der Waals surface area contributed by atoms with E-state index in [1.165, 1.54) is 6.92 Å². The van der Waals surface area contributed by atoms with Gasteiger partial charge in [0.1, 0.15) is 0 Å². The third-order valence-electron chi connectivity index (χ3n) is 6.01. The summed E-state index contributed by atoms with van der Waals surface area (Å²) >= 11 is 6.08. The number of hydrogen-bond acceptors (Lipinski definition) is 4. The first-order chi connectivity index (χ1) is 14.7. The molecule has 1 heterocycles. The summed E-state index contributed by atoms with van der Waals surface area (Å²) in [7, 11) is -3.70. The first-order valence-corrected chi connectivity index (χ1v) is 12.3. The number of halogens is 1. The highest BCUT2D eigenvalue weighted by molar-refractivity contribution is 7.92. The Labute approximate surface area is 187 Å². The summed E-state index contributed by atoms with van der Waals surface area (Å²) in [6.45, 7) is 3.92. The zero-order chi connectivity index (χ0) is 22.3. The van der Waals surface area contributed by atoms with Crippen molar-refractivity contribution in [1.82, 2.24) is 0 Å². The predicted molar refractivity (Wildman–Crippen MR) is 121 cm³/mol. The highest BCUT2D eigenvalue weighted by Gasteiger charge is 2.37. The molecule has 31 heavy (non-hydrogen) atoms. The Kier molecular flexibility index (Phi) is 5.83. The predicted octanol–water partition coefficient (Wildman–Crippen LogP) is 4.14. The van der Waals surface area contributed by atoms with Crippen molar-refractivity contribution < 1.29 is 18.0 Å². The molecule has 0 bridgehead atoms. The number of amides is 2. The molecule has 1 N–H and O–H groups in total. The number of anilines is 2. The molecule has 164 valence electrons. The summed E-state index contributed by atoms with van der Waals surface area (Å²) in [6.07, 6.45) is 2.34. The van der Waals surface area contributed by atoms with Gasteiger partial charge in [0.2, 0.25) is 11.8 Å². The minimum Gasteiger partial charge on any atom is -0.326 e. The molecule has 1 saturated carbocycles. The fraction of sp³-hybridized carbons (Fsp3) is 0.391. The van der Waals surface area contributed by atoms with Crippen molar-refractivity contribution in [3.8, 4) is 0 Å². The van der Waals surface area contributed by atoms with Crippen molar-refractivity contribution in [2.75, 3.05) is 16.8 Å². The zero-order valence-corrected chi connectivity index (χ0v) is 19.1. The molecule has 0 spiro atoms. The van der Waals surface area contributed by atoms with E-state index < -0.39 is 15.1 Å². The van der Waals surface area contributed by atoms with Gasteiger partial charge in [0, 0.05) is 35.3 Å². The van der Waals surface area contributed by atoms with Gasteiger partial charge in [-0.3, -0.25) is 9.59 Å². The second-order valence-electron chi connectivity index (χ2n) is 8.32. The van der Waals surface area contributed by atoms with Gasteiger partial charge in [0.15, 0.2) is 9.84 Å². The number of fused-ring (bicyclic) bond motifs is 1. The smallest absolute Gasteiger partial charge is 0.230 e. The largest absolute Gasteiger partial charge is 0.326 e. The number of sulfone groups is 1. The third-order valence-corrected chi connectivity index (χ3v) is 8.56. The summed E-state index contributed by atoms with van der Waals surface area (Å²) in [5, 5.41) is 2.39. The topological polar surface area (TPSA) is 83.6 Å². The molecule has 1 fully saturated rings. The summed E-state index contributed by atoms with van der Waals surface area (Å²) in [6, 6.07) is 10.1. The Bertz CT molecular complexity index is 1160. The van der Waals surface area contributed by atoms with Crippen molar-refractivity contribution >= 4 is 44.6 Å². The van der Waals surface area contributed by atoms with E-state index in [9.17, 15) is 18.0 Å². The van der Waals surface area contributed by atoms with Crippen LogP contribution in [0.15, 0.2) is 41.3 Å². The van der Waals surface area contributed by atoms with E-state index in [0.717, 1.165) is 29.7 Å². The minimum absolute atomic E-state index is 0.121. The lowest BCUT2D eigenvalue weighted by atomic mass is 10.2. The normalized spacial score (nSPS) is 16.7. The fourth-order valence-corrected chi connectivity index (χ4v) is 5.46. The molecule has 1 aliphatic carbocycles. The van der Waals surface area contributed by atoms with Crippen LogP contribution in [0.4, 0.5) is 11.4 Å². The zero-order valence-electron chi connectivity index (χ0n) is 17.5. The van der Waals surface area contributed by atoms with Crippen LogP contribution in [0.25, 0.3) is 0 Å². The van der Waals surface area contributed by atoms with Gasteiger partial charge in [0.25, 0.3) is 0 Å². The van der Waals surface area contributed by atoms with Crippen molar-refractivity contribution in [2.24, 2.45) is 5.92 Å². The number of nitrogens with one attached hydrogen (secondary N) is 1. The summed E-state index contributed by atoms with van der Waals surface area (Å²) in [5.41, 5.74) is 2.97. The van der Waals surface area contributed by atoms with Crippen molar-refractivity contribution in [3.63, 3.8) is 0 Å². The van der Waals surface area contributed by atoms with E-state index in [0.29, 0.717) is 23.7 Å². The van der Waals surface area contributed by atoms with E-state index in [-0.39, 0.29) is 29.0 Å². The minimum atomic E-state index is -3.70. The molecular formula is C23H25ClN2O4S. The van der Waals surface area contributed by atoms with Gasteiger partial charge in [0.05, 0.1) is 10.1 Å². The monoisotopic (exact) mass is 460 g/mol. The molecule has 2 amide bonds. The Morgan fingerprint density at radius 3 is 2.68 bits per heavy atom. The number of carbonyl (C=O) groups excluding carboxylic acids is 2. The van der Waals surface area contributed by atoms with Crippen LogP contribution in [-0.4, -0.2) is 32.0 Å². The van der Waals surface area contributed by atoms with Crippen molar-refractivity contribution in [3.05, 3.63) is 52.5 Å². The molecule has 0 aromatic heterocycles. The maximum atomic E-state index is 13.1. The molecule has 1 aliphatic heterocycles. The fourth-order valence-electron chi connectivity index (χ4n) is 3.88. The maximum absolute atomic E-state index is 13.1. The lowest BCUT2D eigenvalue weighted by Gasteiger charge is -2.18. The lowest BCUT2D eigenvalue weighted by Crippen LogP contribution is -2.30. The molecule has 6 nitrogen and oxygen atoms in total. The van der Waals surface area contributed by atoms with Gasteiger partial charge < -0.3 is 10.2 Å². The van der Waals surface area contributed by atoms with Crippen molar-refractivity contribution in [1.29, 1.82) is 0 Å². The van der Waals surface area contributed by atoms with Crippen LogP contribution >= 0.6 is 11.6 Å². The van der Waals surface area contributed by atoms with E-state index >= 15 is 0 Å². The van der Waals surface area contributed by atoms with Crippen LogP contribution < -0.4 is 10.2 Å². The Balaban J connectivity index is 1.47. The average Bonchev–Trinajstić information content (AvgIpc) is 3.49. The molecule has 0 radical (unpaired) electrons. The van der Waals surface area contributed by atoms with Gasteiger partial charge in [-0.05, 0) is 74.6 Å². The van der Waals surface area contributed by atoms with E-state index in [1.807, 2.05) is 0 Å². The van der Waals surface area contributed by atoms with E-state index in [1.54, 1.807) is 48.2 Å². The van der Waals surface area contributed by atoms with Gasteiger partial charge in [-0.25, -0.2) is 8.42 Å². The SMILES string of the molecule is Cc1c(Cl)cccc1NC(=O)C[C@H](C)S(=O)(=O)c1ccc2c(c1)CCN2C(=O)C1CC1. The van der Waals surface area contributed by atoms with Gasteiger partial charge in [-0.1, -0.05) is 17.7 Å². The molecule has 2 aromatic carbocycles. The van der Waals surface area contributed by atoms with Crippen LogP contribution in [0, 0.1) is 12.8 Å². The first kappa shape index (κ1) is 21.8. The number of carbonyl (C=O) groups is 2.